The Morgan fingerprint density at radius 3 is 2.61 bits per heavy atom. The van der Waals surface area contributed by atoms with Crippen molar-refractivity contribution in [2.24, 2.45) is 0 Å². The summed E-state index contributed by atoms with van der Waals surface area (Å²) in [5.41, 5.74) is -1.25. The van der Waals surface area contributed by atoms with Gasteiger partial charge in [0, 0.05) is 12.1 Å². The van der Waals surface area contributed by atoms with Crippen molar-refractivity contribution in [1.82, 2.24) is 10.2 Å². The molecular weight excluding hydrogens is 313 g/mol. The molecule has 0 radical (unpaired) electrons. The number of benzene rings is 1. The molecule has 0 bridgehead atoms. The minimum atomic E-state index is -3.09. The zero-order valence-corrected chi connectivity index (χ0v) is 13.3. The highest BCUT2D eigenvalue weighted by Crippen LogP contribution is 2.23. The summed E-state index contributed by atoms with van der Waals surface area (Å²) in [5, 5.41) is 12.2. The quantitative estimate of drug-likeness (QED) is 0.806. The zero-order chi connectivity index (χ0) is 17.6. The van der Waals surface area contributed by atoms with Crippen LogP contribution in [0.1, 0.15) is 26.3 Å². The van der Waals surface area contributed by atoms with Crippen LogP contribution in [0.2, 0.25) is 0 Å². The summed E-state index contributed by atoms with van der Waals surface area (Å²) in [4.78, 5) is 13.4. The summed E-state index contributed by atoms with van der Waals surface area (Å²) >= 11 is 0. The molecule has 130 valence electrons. The summed E-state index contributed by atoms with van der Waals surface area (Å²) in [6.45, 7) is 1.83. The van der Waals surface area contributed by atoms with Crippen LogP contribution < -0.4 is 10.1 Å². The van der Waals surface area contributed by atoms with Crippen molar-refractivity contribution >= 4 is 6.03 Å². The summed E-state index contributed by atoms with van der Waals surface area (Å²) in [5.74, 6) is -1.08. The van der Waals surface area contributed by atoms with Gasteiger partial charge in [-0.15, -0.1) is 0 Å². The number of amides is 2. The number of rotatable bonds is 7. The van der Waals surface area contributed by atoms with Crippen molar-refractivity contribution in [3.8, 4) is 5.75 Å². The first-order chi connectivity index (χ1) is 10.6. The van der Waals surface area contributed by atoms with Gasteiger partial charge in [0.2, 0.25) is 0 Å². The van der Waals surface area contributed by atoms with Gasteiger partial charge >= 0.3 is 12.6 Å². The van der Waals surface area contributed by atoms with Crippen molar-refractivity contribution in [2.75, 3.05) is 13.1 Å². The monoisotopic (exact) mass is 334 g/mol. The van der Waals surface area contributed by atoms with Gasteiger partial charge in [-0.25, -0.2) is 9.18 Å². The number of carbonyl (C=O) groups is 1. The number of hydrogen-bond donors (Lipinski definition) is 2. The summed E-state index contributed by atoms with van der Waals surface area (Å²) in [6.07, 6.45) is 0. The maximum Gasteiger partial charge on any atom is 0.387 e. The topological polar surface area (TPSA) is 61.8 Å². The molecule has 0 unspecified atom stereocenters. The fourth-order valence-corrected chi connectivity index (χ4v) is 1.99. The number of carbonyl (C=O) groups excluding carboxylic acids is 1. The number of nitrogens with zero attached hydrogens (tertiary/aromatic N) is 1. The van der Waals surface area contributed by atoms with E-state index < -0.39 is 24.1 Å². The molecule has 1 rings (SSSR count). The molecule has 1 aromatic carbocycles. The Bertz CT molecular complexity index is 533. The van der Waals surface area contributed by atoms with Gasteiger partial charge in [-0.05, 0) is 32.9 Å². The third-order valence-corrected chi connectivity index (χ3v) is 2.96. The van der Waals surface area contributed by atoms with E-state index in [0.717, 1.165) is 6.07 Å². The minimum absolute atomic E-state index is 0.0764. The molecule has 0 aliphatic heterocycles. The molecule has 0 heterocycles. The molecule has 2 N–H and O–H groups in total. The van der Waals surface area contributed by atoms with Crippen LogP contribution in [0.25, 0.3) is 0 Å². The third-order valence-electron chi connectivity index (χ3n) is 2.96. The molecule has 0 aliphatic rings. The van der Waals surface area contributed by atoms with Crippen LogP contribution >= 0.6 is 0 Å². The van der Waals surface area contributed by atoms with Crippen LogP contribution in [-0.2, 0) is 6.54 Å². The predicted molar refractivity (Wildman–Crippen MR) is 78.8 cm³/mol. The molecule has 2 amide bonds. The highest BCUT2D eigenvalue weighted by Gasteiger charge is 2.22. The second-order valence-corrected chi connectivity index (χ2v) is 5.58. The number of likely N-dealkylation sites (N-methyl/N-ethyl adjacent to an activating group) is 1. The van der Waals surface area contributed by atoms with E-state index >= 15 is 0 Å². The number of aliphatic hydroxyl groups is 1. The van der Waals surface area contributed by atoms with E-state index in [9.17, 15) is 23.1 Å². The van der Waals surface area contributed by atoms with E-state index in [1.54, 1.807) is 20.8 Å². The number of halogens is 3. The third kappa shape index (κ3) is 6.35. The van der Waals surface area contributed by atoms with Crippen LogP contribution in [0.5, 0.6) is 5.75 Å². The summed E-state index contributed by atoms with van der Waals surface area (Å²) in [6, 6.07) is 2.99. The Balaban J connectivity index is 2.79. The van der Waals surface area contributed by atoms with Crippen molar-refractivity contribution in [1.29, 1.82) is 0 Å². The number of hydrogen-bond acceptors (Lipinski definition) is 3. The smallest absolute Gasteiger partial charge is 0.387 e. The highest BCUT2D eigenvalue weighted by molar-refractivity contribution is 5.74. The Morgan fingerprint density at radius 2 is 2.09 bits per heavy atom. The SMILES string of the molecule is CCN(CC(C)(C)O)C(=O)NCc1c(F)cccc1OC(F)F. The molecule has 0 saturated heterocycles. The molecule has 0 atom stereocenters. The van der Waals surface area contributed by atoms with Crippen molar-refractivity contribution < 1.29 is 27.8 Å². The average Bonchev–Trinajstić information content (AvgIpc) is 2.42. The molecule has 8 heteroatoms. The molecule has 23 heavy (non-hydrogen) atoms. The second kappa shape index (κ2) is 8.05. The lowest BCUT2D eigenvalue weighted by molar-refractivity contribution is -0.0506. The first-order valence-corrected chi connectivity index (χ1v) is 7.11. The van der Waals surface area contributed by atoms with Gasteiger partial charge in [0.25, 0.3) is 0 Å². The summed E-state index contributed by atoms with van der Waals surface area (Å²) < 4.78 is 42.7. The Kier molecular flexibility index (Phi) is 6.68. The number of nitrogens with one attached hydrogen (secondary N) is 1. The van der Waals surface area contributed by atoms with E-state index in [-0.39, 0.29) is 24.4 Å². The largest absolute Gasteiger partial charge is 0.434 e. The van der Waals surface area contributed by atoms with Crippen molar-refractivity contribution in [3.05, 3.63) is 29.6 Å². The highest BCUT2D eigenvalue weighted by atomic mass is 19.3. The molecule has 0 aromatic heterocycles. The van der Waals surface area contributed by atoms with Crippen LogP contribution in [0.3, 0.4) is 0 Å². The van der Waals surface area contributed by atoms with E-state index in [1.807, 2.05) is 0 Å². The maximum atomic E-state index is 13.8. The van der Waals surface area contributed by atoms with Crippen LogP contribution in [0, 0.1) is 5.82 Å². The van der Waals surface area contributed by atoms with Gasteiger partial charge in [-0.2, -0.15) is 8.78 Å². The molecule has 1 aromatic rings. The Labute approximate surface area is 133 Å². The fraction of sp³-hybridized carbons (Fsp3) is 0.533. The molecule has 0 fully saturated rings. The number of alkyl halides is 2. The van der Waals surface area contributed by atoms with Gasteiger partial charge < -0.3 is 20.1 Å². The minimum Gasteiger partial charge on any atom is -0.434 e. The number of urea groups is 1. The molecule has 0 saturated carbocycles. The van der Waals surface area contributed by atoms with Crippen LogP contribution in [0.4, 0.5) is 18.0 Å². The van der Waals surface area contributed by atoms with Gasteiger partial charge in [-0.1, -0.05) is 6.07 Å². The number of ether oxygens (including phenoxy) is 1. The van der Waals surface area contributed by atoms with Crippen molar-refractivity contribution in [3.63, 3.8) is 0 Å². The molecular formula is C15H21F3N2O3. The summed E-state index contributed by atoms with van der Waals surface area (Å²) in [7, 11) is 0. The van der Waals surface area contributed by atoms with E-state index in [1.165, 1.54) is 17.0 Å². The molecule has 0 spiro atoms. The van der Waals surface area contributed by atoms with E-state index in [0.29, 0.717) is 6.54 Å². The first-order valence-electron chi connectivity index (χ1n) is 7.11. The van der Waals surface area contributed by atoms with Crippen molar-refractivity contribution in [2.45, 2.75) is 39.5 Å². The average molecular weight is 334 g/mol. The van der Waals surface area contributed by atoms with Crippen LogP contribution in [-0.4, -0.2) is 41.3 Å². The van der Waals surface area contributed by atoms with Gasteiger partial charge in [0.15, 0.2) is 0 Å². The lowest BCUT2D eigenvalue weighted by Gasteiger charge is -2.28. The van der Waals surface area contributed by atoms with E-state index in [2.05, 4.69) is 10.1 Å². The Morgan fingerprint density at radius 1 is 1.43 bits per heavy atom. The Hall–Kier alpha value is -1.96. The molecule has 0 aliphatic carbocycles. The van der Waals surface area contributed by atoms with E-state index in [4.69, 9.17) is 0 Å². The first kappa shape index (κ1) is 19.1. The standard InChI is InChI=1S/C15H21F3N2O3/c1-4-20(9-15(2,3)22)14(21)19-8-10-11(16)6-5-7-12(10)23-13(17)18/h5-7,13,22H,4,8-9H2,1-3H3,(H,19,21). The second-order valence-electron chi connectivity index (χ2n) is 5.58. The lowest BCUT2D eigenvalue weighted by Crippen LogP contribution is -2.46. The fourth-order valence-electron chi connectivity index (χ4n) is 1.99. The normalized spacial score (nSPS) is 11.5. The van der Waals surface area contributed by atoms with Crippen LogP contribution in [0.15, 0.2) is 18.2 Å². The maximum absolute atomic E-state index is 13.8. The molecule has 5 nitrogen and oxygen atoms in total. The van der Waals surface area contributed by atoms with Gasteiger partial charge in [0.1, 0.15) is 11.6 Å². The predicted octanol–water partition coefficient (Wildman–Crippen LogP) is 2.73. The zero-order valence-electron chi connectivity index (χ0n) is 13.3. The lowest BCUT2D eigenvalue weighted by atomic mass is 10.1. The van der Waals surface area contributed by atoms with Gasteiger partial charge in [-0.3, -0.25) is 0 Å². The van der Waals surface area contributed by atoms with Gasteiger partial charge in [0.05, 0.1) is 18.7 Å².